The second kappa shape index (κ2) is 6.29. The Hall–Kier alpha value is -3.19. The van der Waals surface area contributed by atoms with Crippen molar-refractivity contribution in [2.45, 2.75) is 6.61 Å². The molecule has 4 N–H and O–H groups in total. The molecule has 0 amide bonds. The molecule has 2 aromatic heterocycles. The Labute approximate surface area is 131 Å². The summed E-state index contributed by atoms with van der Waals surface area (Å²) in [6.07, 6.45) is 3.05. The van der Waals surface area contributed by atoms with Crippen LogP contribution in [0.2, 0.25) is 0 Å². The number of aliphatic hydroxyl groups excluding tert-OH is 1. The number of nitrogens with zero attached hydrogens (tertiary/aromatic N) is 2. The minimum absolute atomic E-state index is 0.0556. The Kier molecular flexibility index (Phi) is 4.03. The van der Waals surface area contributed by atoms with Crippen molar-refractivity contribution in [1.29, 1.82) is 0 Å². The maximum Gasteiger partial charge on any atom is 0.352 e. The summed E-state index contributed by atoms with van der Waals surface area (Å²) >= 11 is 0. The van der Waals surface area contributed by atoms with Crippen molar-refractivity contribution >= 4 is 17.6 Å². The molecule has 0 saturated carbocycles. The Morgan fingerprint density at radius 1 is 1.26 bits per heavy atom. The molecule has 0 atom stereocenters. The zero-order chi connectivity index (χ0) is 16.2. The van der Waals surface area contributed by atoms with E-state index < -0.39 is 5.97 Å². The zero-order valence-corrected chi connectivity index (χ0v) is 12.0. The van der Waals surface area contributed by atoms with Crippen molar-refractivity contribution in [1.82, 2.24) is 15.0 Å². The standard InChI is InChI=1S/C16H14N4O3/c21-9-11-8-18-16(19-12-4-2-1-3-5-12)20-14(11)10-6-13(15(22)23)17-7-10/h1-8,17,21H,9H2,(H,22,23)(H,18,19,20). The van der Waals surface area contributed by atoms with E-state index in [0.29, 0.717) is 22.8 Å². The van der Waals surface area contributed by atoms with Crippen LogP contribution >= 0.6 is 0 Å². The Morgan fingerprint density at radius 3 is 2.70 bits per heavy atom. The maximum atomic E-state index is 11.0. The largest absolute Gasteiger partial charge is 0.477 e. The Morgan fingerprint density at radius 2 is 2.04 bits per heavy atom. The molecule has 3 rings (SSSR count). The van der Waals surface area contributed by atoms with Crippen LogP contribution in [-0.4, -0.2) is 31.1 Å². The number of anilines is 2. The van der Waals surface area contributed by atoms with Crippen LogP contribution < -0.4 is 5.32 Å². The average Bonchev–Trinajstić information content (AvgIpc) is 3.06. The Balaban J connectivity index is 1.97. The van der Waals surface area contributed by atoms with Crippen molar-refractivity contribution in [3.8, 4) is 11.3 Å². The summed E-state index contributed by atoms with van der Waals surface area (Å²) in [7, 11) is 0. The molecule has 0 bridgehead atoms. The van der Waals surface area contributed by atoms with Gasteiger partial charge in [0.05, 0.1) is 12.3 Å². The third kappa shape index (κ3) is 3.19. The highest BCUT2D eigenvalue weighted by atomic mass is 16.4. The fraction of sp³-hybridized carbons (Fsp3) is 0.0625. The lowest BCUT2D eigenvalue weighted by Crippen LogP contribution is -2.01. The lowest BCUT2D eigenvalue weighted by Gasteiger charge is -2.09. The first kappa shape index (κ1) is 14.7. The van der Waals surface area contributed by atoms with E-state index in [4.69, 9.17) is 5.11 Å². The molecule has 0 aliphatic carbocycles. The first-order valence-corrected chi connectivity index (χ1v) is 6.88. The zero-order valence-electron chi connectivity index (χ0n) is 12.0. The van der Waals surface area contributed by atoms with Gasteiger partial charge in [0.15, 0.2) is 0 Å². The molecular weight excluding hydrogens is 296 g/mol. The fourth-order valence-corrected chi connectivity index (χ4v) is 2.14. The van der Waals surface area contributed by atoms with Gasteiger partial charge >= 0.3 is 5.97 Å². The van der Waals surface area contributed by atoms with Gasteiger partial charge in [-0.05, 0) is 18.2 Å². The van der Waals surface area contributed by atoms with Crippen LogP contribution in [0.3, 0.4) is 0 Å². The average molecular weight is 310 g/mol. The number of carboxylic acids is 1. The second-order valence-corrected chi connectivity index (χ2v) is 4.82. The minimum Gasteiger partial charge on any atom is -0.477 e. The maximum absolute atomic E-state index is 11.0. The van der Waals surface area contributed by atoms with E-state index in [1.165, 1.54) is 18.5 Å². The number of hydrogen-bond donors (Lipinski definition) is 4. The first-order valence-electron chi connectivity index (χ1n) is 6.88. The molecular formula is C16H14N4O3. The van der Waals surface area contributed by atoms with Crippen molar-refractivity contribution in [3.63, 3.8) is 0 Å². The number of hydrogen-bond acceptors (Lipinski definition) is 5. The molecule has 0 aliphatic heterocycles. The first-order chi connectivity index (χ1) is 11.2. The van der Waals surface area contributed by atoms with Gasteiger partial charge in [0.25, 0.3) is 0 Å². The molecule has 116 valence electrons. The topological polar surface area (TPSA) is 111 Å². The summed E-state index contributed by atoms with van der Waals surface area (Å²) in [6.45, 7) is -0.242. The van der Waals surface area contributed by atoms with E-state index in [-0.39, 0.29) is 12.3 Å². The summed E-state index contributed by atoms with van der Waals surface area (Å²) in [5.41, 5.74) is 2.45. The number of aromatic nitrogens is 3. The molecule has 3 aromatic rings. The number of nitrogens with one attached hydrogen (secondary N) is 2. The molecule has 0 unspecified atom stereocenters. The van der Waals surface area contributed by atoms with Gasteiger partial charge in [-0.25, -0.2) is 14.8 Å². The summed E-state index contributed by atoms with van der Waals surface area (Å²) in [6, 6.07) is 10.9. The number of para-hydroxylation sites is 1. The lowest BCUT2D eigenvalue weighted by molar-refractivity contribution is 0.0691. The van der Waals surface area contributed by atoms with E-state index in [9.17, 15) is 9.90 Å². The van der Waals surface area contributed by atoms with Crippen LogP contribution in [0, 0.1) is 0 Å². The SMILES string of the molecule is O=C(O)c1cc(-c2nc(Nc3ccccc3)ncc2CO)c[nH]1. The molecule has 7 heteroatoms. The van der Waals surface area contributed by atoms with Crippen LogP contribution in [0.1, 0.15) is 16.1 Å². The number of rotatable bonds is 5. The summed E-state index contributed by atoms with van der Waals surface area (Å²) in [4.78, 5) is 22.2. The third-order valence-corrected chi connectivity index (χ3v) is 3.25. The van der Waals surface area contributed by atoms with Crippen LogP contribution in [0.5, 0.6) is 0 Å². The normalized spacial score (nSPS) is 10.5. The predicted molar refractivity (Wildman–Crippen MR) is 84.4 cm³/mol. The van der Waals surface area contributed by atoms with Gasteiger partial charge in [0, 0.05) is 29.2 Å². The second-order valence-electron chi connectivity index (χ2n) is 4.82. The third-order valence-electron chi connectivity index (χ3n) is 3.25. The summed E-state index contributed by atoms with van der Waals surface area (Å²) in [5.74, 6) is -0.694. The number of benzene rings is 1. The highest BCUT2D eigenvalue weighted by Crippen LogP contribution is 2.24. The predicted octanol–water partition coefficient (Wildman–Crippen LogP) is 2.41. The molecule has 0 fully saturated rings. The highest BCUT2D eigenvalue weighted by molar-refractivity contribution is 5.87. The van der Waals surface area contributed by atoms with E-state index in [1.54, 1.807) is 0 Å². The van der Waals surface area contributed by atoms with Crippen molar-refractivity contribution in [2.24, 2.45) is 0 Å². The van der Waals surface area contributed by atoms with Gasteiger partial charge in [-0.1, -0.05) is 18.2 Å². The summed E-state index contributed by atoms with van der Waals surface area (Å²) < 4.78 is 0. The molecule has 0 radical (unpaired) electrons. The van der Waals surface area contributed by atoms with E-state index >= 15 is 0 Å². The molecule has 0 aliphatic rings. The van der Waals surface area contributed by atoms with Crippen molar-refractivity contribution in [2.75, 3.05) is 5.32 Å². The fourth-order valence-electron chi connectivity index (χ4n) is 2.14. The van der Waals surface area contributed by atoms with Gasteiger partial charge in [0.2, 0.25) is 5.95 Å². The lowest BCUT2D eigenvalue weighted by atomic mass is 10.1. The monoisotopic (exact) mass is 310 g/mol. The van der Waals surface area contributed by atoms with E-state index in [1.807, 2.05) is 30.3 Å². The number of carbonyl (C=O) groups is 1. The van der Waals surface area contributed by atoms with E-state index in [0.717, 1.165) is 5.69 Å². The molecule has 0 saturated heterocycles. The quantitative estimate of drug-likeness (QED) is 0.576. The summed E-state index contributed by atoms with van der Waals surface area (Å²) in [5, 5.41) is 21.5. The van der Waals surface area contributed by atoms with Crippen LogP contribution in [0.25, 0.3) is 11.3 Å². The van der Waals surface area contributed by atoms with Gasteiger partial charge in [-0.3, -0.25) is 0 Å². The molecule has 0 spiro atoms. The van der Waals surface area contributed by atoms with Crippen molar-refractivity contribution < 1.29 is 15.0 Å². The molecule has 7 nitrogen and oxygen atoms in total. The molecule has 23 heavy (non-hydrogen) atoms. The van der Waals surface area contributed by atoms with E-state index in [2.05, 4.69) is 20.3 Å². The van der Waals surface area contributed by atoms with Gasteiger partial charge in [0.1, 0.15) is 5.69 Å². The van der Waals surface area contributed by atoms with Crippen LogP contribution in [0.4, 0.5) is 11.6 Å². The van der Waals surface area contributed by atoms with Gasteiger partial charge in [-0.2, -0.15) is 0 Å². The number of H-pyrrole nitrogens is 1. The van der Waals surface area contributed by atoms with Gasteiger partial charge in [-0.15, -0.1) is 0 Å². The van der Waals surface area contributed by atoms with Crippen LogP contribution in [-0.2, 0) is 6.61 Å². The number of aromatic amines is 1. The number of carboxylic acid groups (broad SMARTS) is 1. The minimum atomic E-state index is -1.06. The molecule has 1 aromatic carbocycles. The number of aromatic carboxylic acids is 1. The van der Waals surface area contributed by atoms with Gasteiger partial charge < -0.3 is 20.5 Å². The van der Waals surface area contributed by atoms with Crippen LogP contribution in [0.15, 0.2) is 48.8 Å². The van der Waals surface area contributed by atoms with Crippen molar-refractivity contribution in [3.05, 3.63) is 60.0 Å². The Bertz CT molecular complexity index is 830. The number of aliphatic hydroxyl groups is 1. The smallest absolute Gasteiger partial charge is 0.352 e. The highest BCUT2D eigenvalue weighted by Gasteiger charge is 2.13. The molecule has 2 heterocycles.